The summed E-state index contributed by atoms with van der Waals surface area (Å²) < 4.78 is 7.35. The van der Waals surface area contributed by atoms with Crippen LogP contribution in [0, 0.1) is 3.57 Å². The molecule has 0 aromatic heterocycles. The minimum Gasteiger partial charge on any atom is -0.376 e. The van der Waals surface area contributed by atoms with Gasteiger partial charge in [-0.25, -0.2) is 0 Å². The van der Waals surface area contributed by atoms with Gasteiger partial charge in [0.05, 0.1) is 11.2 Å². The Morgan fingerprint density at radius 3 is 2.83 bits per heavy atom. The van der Waals surface area contributed by atoms with Gasteiger partial charge < -0.3 is 10.1 Å². The van der Waals surface area contributed by atoms with E-state index in [1.165, 1.54) is 6.42 Å². The van der Waals surface area contributed by atoms with Crippen molar-refractivity contribution in [1.82, 2.24) is 5.32 Å². The molecular weight excluding hydrogens is 409 g/mol. The van der Waals surface area contributed by atoms with Crippen LogP contribution in [0.25, 0.3) is 0 Å². The van der Waals surface area contributed by atoms with E-state index in [2.05, 4.69) is 43.8 Å². The van der Waals surface area contributed by atoms with Crippen LogP contribution >= 0.6 is 38.5 Å². The van der Waals surface area contributed by atoms with Crippen molar-refractivity contribution in [1.29, 1.82) is 0 Å². The highest BCUT2D eigenvalue weighted by atomic mass is 127. The van der Waals surface area contributed by atoms with Gasteiger partial charge in [0.15, 0.2) is 0 Å². The SMILES string of the molecule is COC1(CNC(=O)c2cc(I)ccc2Br)CCC1. The molecule has 1 aliphatic rings. The summed E-state index contributed by atoms with van der Waals surface area (Å²) in [6.45, 7) is 0.584. The zero-order valence-corrected chi connectivity index (χ0v) is 13.9. The number of hydrogen-bond donors (Lipinski definition) is 1. The summed E-state index contributed by atoms with van der Waals surface area (Å²) in [4.78, 5) is 12.1. The zero-order chi connectivity index (χ0) is 13.2. The van der Waals surface area contributed by atoms with Crippen molar-refractivity contribution in [3.8, 4) is 0 Å². The first kappa shape index (κ1) is 14.3. The second-order valence-electron chi connectivity index (χ2n) is 4.55. The summed E-state index contributed by atoms with van der Waals surface area (Å²) in [7, 11) is 1.71. The van der Waals surface area contributed by atoms with Crippen LogP contribution < -0.4 is 5.32 Å². The van der Waals surface area contributed by atoms with Crippen LogP contribution in [-0.2, 0) is 4.74 Å². The molecule has 18 heavy (non-hydrogen) atoms. The van der Waals surface area contributed by atoms with Crippen LogP contribution in [-0.4, -0.2) is 25.2 Å². The first-order valence-electron chi connectivity index (χ1n) is 5.85. The van der Waals surface area contributed by atoms with Gasteiger partial charge in [0, 0.05) is 21.7 Å². The Kier molecular flexibility index (Phi) is 4.66. The molecule has 1 amide bonds. The molecule has 0 unspecified atom stereocenters. The third-order valence-electron chi connectivity index (χ3n) is 3.44. The van der Waals surface area contributed by atoms with Crippen molar-refractivity contribution >= 4 is 44.4 Å². The fourth-order valence-corrected chi connectivity index (χ4v) is 2.95. The minimum atomic E-state index is -0.135. The van der Waals surface area contributed by atoms with Crippen molar-refractivity contribution in [3.05, 3.63) is 31.8 Å². The Balaban J connectivity index is 2.01. The van der Waals surface area contributed by atoms with Crippen molar-refractivity contribution in [2.75, 3.05) is 13.7 Å². The van der Waals surface area contributed by atoms with Gasteiger partial charge >= 0.3 is 0 Å². The normalized spacial score (nSPS) is 17.1. The number of ether oxygens (including phenoxy) is 1. The van der Waals surface area contributed by atoms with Gasteiger partial charge in [0.2, 0.25) is 0 Å². The lowest BCUT2D eigenvalue weighted by Gasteiger charge is -2.40. The highest BCUT2D eigenvalue weighted by Gasteiger charge is 2.37. The fraction of sp³-hybridized carbons (Fsp3) is 0.462. The molecule has 0 atom stereocenters. The van der Waals surface area contributed by atoms with E-state index in [1.54, 1.807) is 7.11 Å². The van der Waals surface area contributed by atoms with Gasteiger partial charge in [-0.3, -0.25) is 4.79 Å². The molecule has 1 aromatic rings. The van der Waals surface area contributed by atoms with Crippen molar-refractivity contribution in [3.63, 3.8) is 0 Å². The third kappa shape index (κ3) is 3.05. The van der Waals surface area contributed by atoms with Gasteiger partial charge in [0.1, 0.15) is 0 Å². The number of rotatable bonds is 4. The maximum absolute atomic E-state index is 12.1. The molecule has 0 bridgehead atoms. The predicted molar refractivity (Wildman–Crippen MR) is 82.8 cm³/mol. The Morgan fingerprint density at radius 2 is 2.28 bits per heavy atom. The van der Waals surface area contributed by atoms with E-state index in [1.807, 2.05) is 18.2 Å². The summed E-state index contributed by atoms with van der Waals surface area (Å²) in [5.41, 5.74) is 0.539. The van der Waals surface area contributed by atoms with Gasteiger partial charge in [-0.1, -0.05) is 0 Å². The molecule has 0 aliphatic heterocycles. The maximum Gasteiger partial charge on any atom is 0.252 e. The number of halogens is 2. The molecule has 2 rings (SSSR count). The molecule has 0 heterocycles. The Bertz CT molecular complexity index is 455. The molecule has 1 aromatic carbocycles. The van der Waals surface area contributed by atoms with E-state index < -0.39 is 0 Å². The maximum atomic E-state index is 12.1. The first-order chi connectivity index (χ1) is 8.56. The van der Waals surface area contributed by atoms with Crippen LogP contribution in [0.4, 0.5) is 0 Å². The number of benzene rings is 1. The molecule has 1 aliphatic carbocycles. The van der Waals surface area contributed by atoms with Gasteiger partial charge in [-0.05, 0) is 76.0 Å². The molecule has 0 spiro atoms. The summed E-state index contributed by atoms with van der Waals surface area (Å²) in [6.07, 6.45) is 3.23. The standard InChI is InChI=1S/C13H15BrINO2/c1-18-13(5-2-6-13)8-16-12(17)10-7-9(15)3-4-11(10)14/h3-4,7H,2,5-6,8H2,1H3,(H,16,17). The molecule has 0 saturated heterocycles. The van der Waals surface area contributed by atoms with Crippen molar-refractivity contribution < 1.29 is 9.53 Å². The van der Waals surface area contributed by atoms with E-state index >= 15 is 0 Å². The number of carbonyl (C=O) groups is 1. The first-order valence-corrected chi connectivity index (χ1v) is 7.72. The lowest BCUT2D eigenvalue weighted by atomic mass is 9.80. The summed E-state index contributed by atoms with van der Waals surface area (Å²) in [5.74, 6) is -0.0521. The summed E-state index contributed by atoms with van der Waals surface area (Å²) in [6, 6.07) is 5.73. The van der Waals surface area contributed by atoms with Crippen molar-refractivity contribution in [2.45, 2.75) is 24.9 Å². The van der Waals surface area contributed by atoms with Crippen LogP contribution in [0.1, 0.15) is 29.6 Å². The number of hydrogen-bond acceptors (Lipinski definition) is 2. The molecule has 0 radical (unpaired) electrons. The smallest absolute Gasteiger partial charge is 0.252 e. The summed E-state index contributed by atoms with van der Waals surface area (Å²) in [5, 5.41) is 2.96. The fourth-order valence-electron chi connectivity index (χ4n) is 2.03. The number of amides is 1. The Morgan fingerprint density at radius 1 is 1.56 bits per heavy atom. The predicted octanol–water partition coefficient (Wildman–Crippen LogP) is 3.35. The topological polar surface area (TPSA) is 38.3 Å². The highest BCUT2D eigenvalue weighted by Crippen LogP contribution is 2.34. The molecule has 98 valence electrons. The average Bonchev–Trinajstić information content (AvgIpc) is 2.31. The van der Waals surface area contributed by atoms with Gasteiger partial charge in [-0.15, -0.1) is 0 Å². The molecule has 5 heteroatoms. The van der Waals surface area contributed by atoms with E-state index in [4.69, 9.17) is 4.74 Å². The second kappa shape index (κ2) is 5.88. The quantitative estimate of drug-likeness (QED) is 0.754. The highest BCUT2D eigenvalue weighted by molar-refractivity contribution is 14.1. The monoisotopic (exact) mass is 423 g/mol. The number of carbonyl (C=O) groups excluding carboxylic acids is 1. The molecule has 1 N–H and O–H groups in total. The van der Waals surface area contributed by atoms with E-state index in [9.17, 15) is 4.79 Å². The molecule has 1 saturated carbocycles. The minimum absolute atomic E-state index is 0.0521. The van der Waals surface area contributed by atoms with E-state index in [0.717, 1.165) is 20.9 Å². The third-order valence-corrected chi connectivity index (χ3v) is 4.80. The number of nitrogens with one attached hydrogen (secondary N) is 1. The summed E-state index contributed by atoms with van der Waals surface area (Å²) >= 11 is 5.60. The van der Waals surface area contributed by atoms with Crippen LogP contribution in [0.5, 0.6) is 0 Å². The number of methoxy groups -OCH3 is 1. The zero-order valence-electron chi connectivity index (χ0n) is 10.1. The Hall–Kier alpha value is -0.140. The lowest BCUT2D eigenvalue weighted by Crippen LogP contribution is -2.49. The Labute approximate surface area is 129 Å². The van der Waals surface area contributed by atoms with Crippen molar-refractivity contribution in [2.24, 2.45) is 0 Å². The molecule has 1 fully saturated rings. The van der Waals surface area contributed by atoms with Gasteiger partial charge in [0.25, 0.3) is 5.91 Å². The largest absolute Gasteiger partial charge is 0.376 e. The molecular formula is C13H15BrINO2. The second-order valence-corrected chi connectivity index (χ2v) is 6.65. The average molecular weight is 424 g/mol. The lowest BCUT2D eigenvalue weighted by molar-refractivity contribution is -0.0679. The van der Waals surface area contributed by atoms with Crippen LogP contribution in [0.2, 0.25) is 0 Å². The van der Waals surface area contributed by atoms with Crippen LogP contribution in [0.15, 0.2) is 22.7 Å². The molecule has 3 nitrogen and oxygen atoms in total. The van der Waals surface area contributed by atoms with E-state index in [0.29, 0.717) is 12.1 Å². The van der Waals surface area contributed by atoms with Crippen LogP contribution in [0.3, 0.4) is 0 Å². The van der Waals surface area contributed by atoms with E-state index in [-0.39, 0.29) is 11.5 Å². The van der Waals surface area contributed by atoms with Gasteiger partial charge in [-0.2, -0.15) is 0 Å².